The molecule has 7 nitrogen and oxygen atoms in total. The van der Waals surface area contributed by atoms with Gasteiger partial charge in [-0.25, -0.2) is 4.98 Å². The summed E-state index contributed by atoms with van der Waals surface area (Å²) in [6.45, 7) is 4.72. The zero-order valence-electron chi connectivity index (χ0n) is 14.6. The van der Waals surface area contributed by atoms with Crippen LogP contribution in [-0.4, -0.2) is 46.6 Å². The third-order valence-electron chi connectivity index (χ3n) is 4.21. The molecule has 2 aromatic rings. The number of likely N-dealkylation sites (tertiary alicyclic amines) is 1. The number of hydrogen-bond donors (Lipinski definition) is 0. The van der Waals surface area contributed by atoms with E-state index in [2.05, 4.69) is 15.1 Å². The number of rotatable bonds is 4. The van der Waals surface area contributed by atoms with Crippen LogP contribution < -0.4 is 4.90 Å². The highest BCUT2D eigenvalue weighted by atomic mass is 16.5. The molecular formula is C17H23N5O2. The minimum absolute atomic E-state index is 0.0149. The summed E-state index contributed by atoms with van der Waals surface area (Å²) in [5.41, 5.74) is 0.633. The lowest BCUT2D eigenvalue weighted by molar-refractivity contribution is 0.0728. The van der Waals surface area contributed by atoms with Crippen molar-refractivity contribution in [3.63, 3.8) is 0 Å². The van der Waals surface area contributed by atoms with Gasteiger partial charge in [0, 0.05) is 38.3 Å². The number of pyridine rings is 1. The molecule has 1 aliphatic heterocycles. The van der Waals surface area contributed by atoms with Crippen LogP contribution in [0.4, 0.5) is 5.82 Å². The Morgan fingerprint density at radius 2 is 2.21 bits per heavy atom. The largest absolute Gasteiger partial charge is 0.363 e. The van der Waals surface area contributed by atoms with Crippen molar-refractivity contribution in [3.8, 4) is 0 Å². The Kier molecular flexibility index (Phi) is 4.51. The molecule has 0 aromatic carbocycles. The average molecular weight is 329 g/mol. The minimum Gasteiger partial charge on any atom is -0.363 e. The number of carbonyl (C=O) groups is 1. The lowest BCUT2D eigenvalue weighted by Crippen LogP contribution is -2.31. The molecule has 0 radical (unpaired) electrons. The maximum atomic E-state index is 12.9. The highest BCUT2D eigenvalue weighted by Gasteiger charge is 2.34. The quantitative estimate of drug-likeness (QED) is 0.858. The molecule has 0 saturated carbocycles. The Morgan fingerprint density at radius 1 is 1.42 bits per heavy atom. The molecule has 1 fully saturated rings. The smallest absolute Gasteiger partial charge is 0.254 e. The summed E-state index contributed by atoms with van der Waals surface area (Å²) in [7, 11) is 3.81. The lowest BCUT2D eigenvalue weighted by Gasteiger charge is -2.22. The first-order chi connectivity index (χ1) is 11.5. The summed E-state index contributed by atoms with van der Waals surface area (Å²) in [6.07, 6.45) is 3.46. The van der Waals surface area contributed by atoms with Crippen LogP contribution in [-0.2, 0) is 0 Å². The Labute approximate surface area is 141 Å². The van der Waals surface area contributed by atoms with E-state index in [1.807, 2.05) is 43.8 Å². The van der Waals surface area contributed by atoms with Crippen LogP contribution in [0.25, 0.3) is 0 Å². The van der Waals surface area contributed by atoms with E-state index in [0.717, 1.165) is 18.7 Å². The van der Waals surface area contributed by atoms with Crippen LogP contribution in [0.3, 0.4) is 0 Å². The van der Waals surface area contributed by atoms with Gasteiger partial charge < -0.3 is 14.3 Å². The lowest BCUT2D eigenvalue weighted by atomic mass is 10.1. The van der Waals surface area contributed by atoms with Crippen LogP contribution in [0.2, 0.25) is 0 Å². The molecule has 24 heavy (non-hydrogen) atoms. The molecular weight excluding hydrogens is 306 g/mol. The molecule has 7 heteroatoms. The first-order valence-electron chi connectivity index (χ1n) is 8.25. The summed E-state index contributed by atoms with van der Waals surface area (Å²) < 4.78 is 5.31. The van der Waals surface area contributed by atoms with Gasteiger partial charge in [-0.15, -0.1) is 0 Å². The van der Waals surface area contributed by atoms with Gasteiger partial charge in [0.2, 0.25) is 5.89 Å². The summed E-state index contributed by atoms with van der Waals surface area (Å²) in [6, 6.07) is 3.44. The van der Waals surface area contributed by atoms with Gasteiger partial charge in [-0.2, -0.15) is 4.98 Å². The molecule has 2 aromatic heterocycles. The zero-order valence-corrected chi connectivity index (χ0v) is 14.6. The number of anilines is 1. The van der Waals surface area contributed by atoms with E-state index >= 15 is 0 Å². The molecule has 1 unspecified atom stereocenters. The van der Waals surface area contributed by atoms with Crippen LogP contribution in [0, 0.1) is 0 Å². The summed E-state index contributed by atoms with van der Waals surface area (Å²) in [5, 5.41) is 4.09. The first kappa shape index (κ1) is 16.4. The standard InChI is InChI=1S/C17H23N5O2/c1-11(2)16-19-15(20-24-16)13-6-5-9-22(13)17(23)12-7-8-18-14(10-12)21(3)4/h7-8,10-11,13H,5-6,9H2,1-4H3. The van der Waals surface area contributed by atoms with E-state index in [0.29, 0.717) is 23.8 Å². The fourth-order valence-electron chi connectivity index (χ4n) is 2.86. The molecule has 0 spiro atoms. The van der Waals surface area contributed by atoms with E-state index < -0.39 is 0 Å². The van der Waals surface area contributed by atoms with Gasteiger partial charge in [0.25, 0.3) is 5.91 Å². The molecule has 1 amide bonds. The van der Waals surface area contributed by atoms with Gasteiger partial charge in [0.1, 0.15) is 5.82 Å². The summed E-state index contributed by atoms with van der Waals surface area (Å²) in [4.78, 5) is 25.4. The van der Waals surface area contributed by atoms with Crippen LogP contribution >= 0.6 is 0 Å². The van der Waals surface area contributed by atoms with Crippen molar-refractivity contribution in [1.29, 1.82) is 0 Å². The second kappa shape index (κ2) is 6.59. The predicted molar refractivity (Wildman–Crippen MR) is 90.0 cm³/mol. The molecule has 3 rings (SSSR count). The predicted octanol–water partition coefficient (Wildman–Crippen LogP) is 2.63. The SMILES string of the molecule is CC(C)c1nc(C2CCCN2C(=O)c2ccnc(N(C)C)c2)no1. The van der Waals surface area contributed by atoms with Gasteiger partial charge in [0.05, 0.1) is 6.04 Å². The minimum atomic E-state index is -0.121. The molecule has 0 bridgehead atoms. The van der Waals surface area contributed by atoms with Crippen LogP contribution in [0.15, 0.2) is 22.9 Å². The highest BCUT2D eigenvalue weighted by molar-refractivity contribution is 5.95. The molecule has 3 heterocycles. The second-order valence-corrected chi connectivity index (χ2v) is 6.60. The number of carbonyl (C=O) groups excluding carboxylic acids is 1. The van der Waals surface area contributed by atoms with Crippen molar-refractivity contribution < 1.29 is 9.32 Å². The van der Waals surface area contributed by atoms with E-state index in [9.17, 15) is 4.79 Å². The van der Waals surface area contributed by atoms with Crippen molar-refractivity contribution in [3.05, 3.63) is 35.6 Å². The van der Waals surface area contributed by atoms with Gasteiger partial charge >= 0.3 is 0 Å². The fraction of sp³-hybridized carbons (Fsp3) is 0.529. The molecule has 1 atom stereocenters. The molecule has 0 N–H and O–H groups in total. The third-order valence-corrected chi connectivity index (χ3v) is 4.21. The van der Waals surface area contributed by atoms with Gasteiger partial charge in [-0.1, -0.05) is 19.0 Å². The van der Waals surface area contributed by atoms with E-state index in [1.165, 1.54) is 0 Å². The number of aromatic nitrogens is 3. The summed E-state index contributed by atoms with van der Waals surface area (Å²) in [5.74, 6) is 2.14. The Balaban J connectivity index is 1.84. The average Bonchev–Trinajstić information content (AvgIpc) is 3.23. The molecule has 1 saturated heterocycles. The van der Waals surface area contributed by atoms with Crippen molar-refractivity contribution in [1.82, 2.24) is 20.0 Å². The van der Waals surface area contributed by atoms with Crippen LogP contribution in [0.1, 0.15) is 60.7 Å². The van der Waals surface area contributed by atoms with E-state index in [4.69, 9.17) is 4.52 Å². The fourth-order valence-corrected chi connectivity index (χ4v) is 2.86. The maximum absolute atomic E-state index is 12.9. The van der Waals surface area contributed by atoms with Crippen molar-refractivity contribution in [2.24, 2.45) is 0 Å². The van der Waals surface area contributed by atoms with Gasteiger partial charge in [-0.3, -0.25) is 4.79 Å². The van der Waals surface area contributed by atoms with Crippen LogP contribution in [0.5, 0.6) is 0 Å². The highest BCUT2D eigenvalue weighted by Crippen LogP contribution is 2.32. The number of amides is 1. The number of hydrogen-bond acceptors (Lipinski definition) is 6. The molecule has 128 valence electrons. The van der Waals surface area contributed by atoms with Gasteiger partial charge in [0.15, 0.2) is 5.82 Å². The van der Waals surface area contributed by atoms with E-state index in [-0.39, 0.29) is 17.9 Å². The van der Waals surface area contributed by atoms with E-state index in [1.54, 1.807) is 12.3 Å². The monoisotopic (exact) mass is 329 g/mol. The molecule has 1 aliphatic rings. The summed E-state index contributed by atoms with van der Waals surface area (Å²) >= 11 is 0. The third kappa shape index (κ3) is 3.11. The second-order valence-electron chi connectivity index (χ2n) is 6.60. The van der Waals surface area contributed by atoms with Crippen molar-refractivity contribution >= 4 is 11.7 Å². The normalized spacial score (nSPS) is 17.5. The Morgan fingerprint density at radius 3 is 2.88 bits per heavy atom. The Bertz CT molecular complexity index is 725. The van der Waals surface area contributed by atoms with Crippen molar-refractivity contribution in [2.45, 2.75) is 38.6 Å². The maximum Gasteiger partial charge on any atom is 0.254 e. The zero-order chi connectivity index (χ0) is 17.3. The first-order valence-corrected chi connectivity index (χ1v) is 8.25. The Hall–Kier alpha value is -2.44. The topological polar surface area (TPSA) is 75.4 Å². The number of nitrogens with zero attached hydrogens (tertiary/aromatic N) is 5. The van der Waals surface area contributed by atoms with Gasteiger partial charge in [-0.05, 0) is 25.0 Å². The molecule has 0 aliphatic carbocycles. The van der Waals surface area contributed by atoms with Crippen molar-refractivity contribution in [2.75, 3.05) is 25.5 Å².